The van der Waals surface area contributed by atoms with E-state index in [1.807, 2.05) is 48.5 Å². The average molecular weight is 507 g/mol. The molecule has 1 amide bonds. The Morgan fingerprint density at radius 2 is 1.61 bits per heavy atom. The van der Waals surface area contributed by atoms with Crippen LogP contribution in [0.5, 0.6) is 11.5 Å². The van der Waals surface area contributed by atoms with Crippen molar-refractivity contribution in [3.63, 3.8) is 0 Å². The van der Waals surface area contributed by atoms with Crippen LogP contribution in [0.15, 0.2) is 109 Å². The van der Waals surface area contributed by atoms with Gasteiger partial charge in [-0.05, 0) is 65.2 Å². The van der Waals surface area contributed by atoms with Crippen LogP contribution < -0.4 is 9.47 Å². The van der Waals surface area contributed by atoms with Crippen molar-refractivity contribution in [3.8, 4) is 11.5 Å². The van der Waals surface area contributed by atoms with Crippen molar-refractivity contribution in [1.29, 1.82) is 0 Å². The van der Waals surface area contributed by atoms with Crippen LogP contribution >= 0.6 is 0 Å². The number of hydrogen-bond donors (Lipinski definition) is 1. The summed E-state index contributed by atoms with van der Waals surface area (Å²) >= 11 is 0. The molecule has 2 heterocycles. The van der Waals surface area contributed by atoms with Gasteiger partial charge in [0.15, 0.2) is 0 Å². The van der Waals surface area contributed by atoms with Crippen LogP contribution in [-0.2, 0) is 22.7 Å². The summed E-state index contributed by atoms with van der Waals surface area (Å²) in [4.78, 5) is 32.2. The van der Waals surface area contributed by atoms with E-state index in [2.05, 4.69) is 4.98 Å². The fourth-order valence-corrected chi connectivity index (χ4v) is 4.49. The lowest BCUT2D eigenvalue weighted by Crippen LogP contribution is -2.29. The number of nitrogens with zero attached hydrogens (tertiary/aromatic N) is 2. The number of amides is 1. The highest BCUT2D eigenvalue weighted by atomic mass is 16.5. The summed E-state index contributed by atoms with van der Waals surface area (Å²) in [6.45, 7) is 0.541. The van der Waals surface area contributed by atoms with Gasteiger partial charge in [-0.1, -0.05) is 42.5 Å². The lowest BCUT2D eigenvalue weighted by Gasteiger charge is -2.26. The van der Waals surface area contributed by atoms with Crippen molar-refractivity contribution in [2.45, 2.75) is 19.2 Å². The number of benzene rings is 3. The maximum absolute atomic E-state index is 13.3. The van der Waals surface area contributed by atoms with Crippen LogP contribution in [0.25, 0.3) is 5.76 Å². The molecule has 190 valence electrons. The lowest BCUT2D eigenvalue weighted by atomic mass is 9.95. The molecule has 1 atom stereocenters. The number of carbonyl (C=O) groups is 2. The molecule has 3 aromatic carbocycles. The molecular weight excluding hydrogens is 480 g/mol. The number of aliphatic hydroxyl groups excluding tert-OH is 1. The van der Waals surface area contributed by atoms with Crippen LogP contribution in [0, 0.1) is 0 Å². The van der Waals surface area contributed by atoms with Gasteiger partial charge in [-0.3, -0.25) is 14.6 Å². The highest BCUT2D eigenvalue weighted by Gasteiger charge is 2.46. The monoisotopic (exact) mass is 506 g/mol. The topological polar surface area (TPSA) is 89.0 Å². The lowest BCUT2D eigenvalue weighted by molar-refractivity contribution is -0.140. The zero-order valence-electron chi connectivity index (χ0n) is 20.8. The summed E-state index contributed by atoms with van der Waals surface area (Å²) in [5.41, 5.74) is 2.91. The normalized spacial score (nSPS) is 16.4. The second-order valence-electron chi connectivity index (χ2n) is 8.86. The van der Waals surface area contributed by atoms with E-state index in [1.54, 1.807) is 62.0 Å². The number of ether oxygens (including phenoxy) is 2. The number of carbonyl (C=O) groups excluding carboxylic acids is 2. The predicted octanol–water partition coefficient (Wildman–Crippen LogP) is 5.29. The zero-order valence-corrected chi connectivity index (χ0v) is 20.8. The zero-order chi connectivity index (χ0) is 26.5. The number of aliphatic hydroxyl groups is 1. The molecule has 1 N–H and O–H groups in total. The Kier molecular flexibility index (Phi) is 7.17. The quantitative estimate of drug-likeness (QED) is 0.198. The maximum Gasteiger partial charge on any atom is 0.295 e. The van der Waals surface area contributed by atoms with Gasteiger partial charge in [-0.2, -0.15) is 0 Å². The first-order valence-corrected chi connectivity index (χ1v) is 12.1. The molecule has 4 aromatic rings. The minimum atomic E-state index is -0.814. The number of ketones is 1. The first-order valence-electron chi connectivity index (χ1n) is 12.1. The van der Waals surface area contributed by atoms with Gasteiger partial charge in [0.2, 0.25) is 0 Å². The molecule has 7 nitrogen and oxygen atoms in total. The fourth-order valence-electron chi connectivity index (χ4n) is 4.49. The summed E-state index contributed by atoms with van der Waals surface area (Å²) in [6.07, 6.45) is 3.27. The number of aromatic nitrogens is 1. The van der Waals surface area contributed by atoms with Gasteiger partial charge in [-0.15, -0.1) is 0 Å². The molecule has 1 aliphatic rings. The van der Waals surface area contributed by atoms with E-state index < -0.39 is 17.7 Å². The van der Waals surface area contributed by atoms with Crippen molar-refractivity contribution in [2.24, 2.45) is 0 Å². The van der Waals surface area contributed by atoms with Crippen molar-refractivity contribution >= 4 is 17.4 Å². The van der Waals surface area contributed by atoms with Crippen LogP contribution in [0.3, 0.4) is 0 Å². The molecule has 1 unspecified atom stereocenters. The molecule has 0 aliphatic carbocycles. The van der Waals surface area contributed by atoms with Crippen molar-refractivity contribution in [3.05, 3.63) is 131 Å². The summed E-state index contributed by atoms with van der Waals surface area (Å²) in [7, 11) is 1.55. The number of rotatable bonds is 8. The number of methoxy groups -OCH3 is 1. The van der Waals surface area contributed by atoms with E-state index in [-0.39, 0.29) is 17.9 Å². The standard InChI is InChI=1S/C31H26N2O5/c1-37-25-12-10-23(11-13-25)29(34)27-28(33(31(36)30(27)35)19-21-14-16-32-17-15-21)24-8-5-9-26(18-24)38-20-22-6-3-2-4-7-22/h2-18,28,34H,19-20H2,1H3/b29-27+. The van der Waals surface area contributed by atoms with E-state index in [0.717, 1.165) is 11.1 Å². The minimum Gasteiger partial charge on any atom is -0.507 e. The van der Waals surface area contributed by atoms with Crippen LogP contribution in [0.4, 0.5) is 0 Å². The molecule has 38 heavy (non-hydrogen) atoms. The molecule has 0 saturated carbocycles. The highest BCUT2D eigenvalue weighted by Crippen LogP contribution is 2.41. The van der Waals surface area contributed by atoms with Gasteiger partial charge in [0.25, 0.3) is 11.7 Å². The first kappa shape index (κ1) is 24.8. The molecule has 1 saturated heterocycles. The van der Waals surface area contributed by atoms with Crippen molar-refractivity contribution in [2.75, 3.05) is 7.11 Å². The van der Waals surface area contributed by atoms with Crippen LogP contribution in [0.2, 0.25) is 0 Å². The van der Waals surface area contributed by atoms with Crippen molar-refractivity contribution in [1.82, 2.24) is 9.88 Å². The first-order chi connectivity index (χ1) is 18.5. The van der Waals surface area contributed by atoms with Crippen LogP contribution in [0.1, 0.15) is 28.3 Å². The number of pyridine rings is 1. The average Bonchev–Trinajstić information content (AvgIpc) is 3.22. The van der Waals surface area contributed by atoms with Gasteiger partial charge >= 0.3 is 0 Å². The molecule has 0 radical (unpaired) electrons. The Morgan fingerprint density at radius 1 is 0.868 bits per heavy atom. The largest absolute Gasteiger partial charge is 0.507 e. The molecule has 5 rings (SSSR count). The van der Waals surface area contributed by atoms with Gasteiger partial charge in [0, 0.05) is 24.5 Å². The Hall–Kier alpha value is -4.91. The van der Waals surface area contributed by atoms with E-state index in [0.29, 0.717) is 29.2 Å². The smallest absolute Gasteiger partial charge is 0.295 e. The Labute approximate surface area is 220 Å². The predicted molar refractivity (Wildman–Crippen MR) is 142 cm³/mol. The van der Waals surface area contributed by atoms with E-state index in [1.165, 1.54) is 4.90 Å². The van der Waals surface area contributed by atoms with Gasteiger partial charge in [0.05, 0.1) is 18.7 Å². The fraction of sp³-hybridized carbons (Fsp3) is 0.129. The molecule has 0 bridgehead atoms. The van der Waals surface area contributed by atoms with Crippen LogP contribution in [-0.4, -0.2) is 33.8 Å². The Morgan fingerprint density at radius 3 is 2.32 bits per heavy atom. The van der Waals surface area contributed by atoms with Crippen molar-refractivity contribution < 1.29 is 24.2 Å². The van der Waals surface area contributed by atoms with E-state index in [9.17, 15) is 14.7 Å². The SMILES string of the molecule is COc1ccc(/C(O)=C2\C(=O)C(=O)N(Cc3ccncc3)C2c2cccc(OCc3ccccc3)c2)cc1. The number of Topliss-reactive ketones (excluding diaryl/α,β-unsaturated/α-hetero) is 1. The van der Waals surface area contributed by atoms with Gasteiger partial charge in [0.1, 0.15) is 23.9 Å². The van der Waals surface area contributed by atoms with Gasteiger partial charge in [-0.25, -0.2) is 0 Å². The summed E-state index contributed by atoms with van der Waals surface area (Å²) in [5, 5.41) is 11.3. The van der Waals surface area contributed by atoms with E-state index >= 15 is 0 Å². The third kappa shape index (κ3) is 5.13. The number of hydrogen-bond acceptors (Lipinski definition) is 6. The van der Waals surface area contributed by atoms with Gasteiger partial charge < -0.3 is 19.5 Å². The number of likely N-dealkylation sites (tertiary alicyclic amines) is 1. The molecule has 0 spiro atoms. The highest BCUT2D eigenvalue weighted by molar-refractivity contribution is 6.46. The second-order valence-corrected chi connectivity index (χ2v) is 8.86. The third-order valence-corrected chi connectivity index (χ3v) is 6.43. The Balaban J connectivity index is 1.55. The molecular formula is C31H26N2O5. The molecule has 1 fully saturated rings. The summed E-state index contributed by atoms with van der Waals surface area (Å²) in [5.74, 6) is -0.473. The molecule has 1 aliphatic heterocycles. The molecule has 1 aromatic heterocycles. The minimum absolute atomic E-state index is 0.0226. The Bertz CT molecular complexity index is 1470. The summed E-state index contributed by atoms with van der Waals surface area (Å²) in [6, 6.07) is 26.5. The summed E-state index contributed by atoms with van der Waals surface area (Å²) < 4.78 is 11.2. The molecule has 7 heteroatoms. The van der Waals surface area contributed by atoms with E-state index in [4.69, 9.17) is 9.47 Å². The maximum atomic E-state index is 13.3. The second kappa shape index (κ2) is 11.0. The third-order valence-electron chi connectivity index (χ3n) is 6.43.